The van der Waals surface area contributed by atoms with Gasteiger partial charge in [-0.3, -0.25) is 0 Å². The zero-order chi connectivity index (χ0) is 34.4. The van der Waals surface area contributed by atoms with E-state index in [0.717, 1.165) is 44.4 Å². The van der Waals surface area contributed by atoms with Crippen LogP contribution in [0, 0.1) is 0 Å². The molecule has 244 valence electrons. The summed E-state index contributed by atoms with van der Waals surface area (Å²) in [5, 5.41) is 6.97. The highest BCUT2D eigenvalue weighted by atomic mass is 16.3. The van der Waals surface area contributed by atoms with Gasteiger partial charge in [-0.05, 0) is 98.1 Å². The van der Waals surface area contributed by atoms with Gasteiger partial charge in [0, 0.05) is 22.1 Å². The summed E-state index contributed by atoms with van der Waals surface area (Å²) in [6.07, 6.45) is 0. The molecule has 52 heavy (non-hydrogen) atoms. The molecule has 0 amide bonds. The second-order valence-corrected chi connectivity index (χ2v) is 13.3. The number of nitrogens with zero attached hydrogens (tertiary/aromatic N) is 1. The van der Waals surface area contributed by atoms with Crippen LogP contribution in [0.4, 0.5) is 17.1 Å². The first kappa shape index (κ1) is 30.0. The summed E-state index contributed by atoms with van der Waals surface area (Å²) in [7, 11) is 0. The van der Waals surface area contributed by atoms with Gasteiger partial charge < -0.3 is 9.32 Å². The third kappa shape index (κ3) is 5.12. The van der Waals surface area contributed by atoms with Gasteiger partial charge in [0.1, 0.15) is 11.2 Å². The molecule has 0 radical (unpaired) electrons. The predicted octanol–water partition coefficient (Wildman–Crippen LogP) is 14.4. The molecule has 0 spiro atoms. The van der Waals surface area contributed by atoms with Gasteiger partial charge in [0.25, 0.3) is 0 Å². The number of anilines is 3. The van der Waals surface area contributed by atoms with Crippen molar-refractivity contribution in [3.8, 4) is 33.4 Å². The van der Waals surface area contributed by atoms with E-state index < -0.39 is 0 Å². The van der Waals surface area contributed by atoms with Crippen molar-refractivity contribution >= 4 is 60.5 Å². The van der Waals surface area contributed by atoms with Gasteiger partial charge in [0.15, 0.2) is 0 Å². The van der Waals surface area contributed by atoms with Crippen LogP contribution in [-0.2, 0) is 0 Å². The van der Waals surface area contributed by atoms with Crippen molar-refractivity contribution in [2.75, 3.05) is 4.90 Å². The number of furan rings is 1. The third-order valence-electron chi connectivity index (χ3n) is 10.2. The highest BCUT2D eigenvalue weighted by Gasteiger charge is 2.22. The fourth-order valence-corrected chi connectivity index (χ4v) is 7.71. The topological polar surface area (TPSA) is 16.4 Å². The molecule has 10 aromatic rings. The Kier molecular flexibility index (Phi) is 7.18. The Morgan fingerprint density at radius 2 is 0.904 bits per heavy atom. The number of hydrogen-bond donors (Lipinski definition) is 0. The molecule has 2 heteroatoms. The van der Waals surface area contributed by atoms with E-state index in [4.69, 9.17) is 4.42 Å². The second kappa shape index (κ2) is 12.5. The van der Waals surface area contributed by atoms with Gasteiger partial charge >= 0.3 is 0 Å². The first-order valence-corrected chi connectivity index (χ1v) is 17.8. The normalized spacial score (nSPS) is 11.5. The molecule has 0 fully saturated rings. The van der Waals surface area contributed by atoms with Crippen molar-refractivity contribution in [3.63, 3.8) is 0 Å². The lowest BCUT2D eigenvalue weighted by molar-refractivity contribution is 0.672. The second-order valence-electron chi connectivity index (χ2n) is 13.3. The monoisotopic (exact) mass is 663 g/mol. The van der Waals surface area contributed by atoms with Crippen molar-refractivity contribution in [1.82, 2.24) is 0 Å². The lowest BCUT2D eigenvalue weighted by Gasteiger charge is -2.26. The van der Waals surface area contributed by atoms with Gasteiger partial charge in [0.05, 0.1) is 11.1 Å². The van der Waals surface area contributed by atoms with E-state index in [1.165, 1.54) is 49.5 Å². The average molecular weight is 664 g/mol. The molecule has 0 saturated heterocycles. The number of hydrogen-bond acceptors (Lipinski definition) is 2. The average Bonchev–Trinajstić information content (AvgIpc) is 3.61. The van der Waals surface area contributed by atoms with Crippen molar-refractivity contribution in [2.45, 2.75) is 0 Å². The lowest BCUT2D eigenvalue weighted by Crippen LogP contribution is -2.10. The summed E-state index contributed by atoms with van der Waals surface area (Å²) in [5.41, 5.74) is 12.1. The summed E-state index contributed by atoms with van der Waals surface area (Å²) >= 11 is 0. The van der Waals surface area contributed by atoms with Gasteiger partial charge in [-0.1, -0.05) is 152 Å². The SMILES string of the molecule is c1ccc(-c2ccc(N(c3ccc(-c4ccc5ccccc5c4)cc3)c3cccc4oc5c6ccccc6c(-c6ccccc6)cc5c34)cc2)cc1. The first-order valence-electron chi connectivity index (χ1n) is 17.8. The molecule has 0 atom stereocenters. The Hall–Kier alpha value is -6.90. The Bertz CT molecular complexity index is 2870. The lowest BCUT2D eigenvalue weighted by atomic mass is 9.95. The van der Waals surface area contributed by atoms with E-state index in [2.05, 4.69) is 205 Å². The summed E-state index contributed by atoms with van der Waals surface area (Å²) in [6, 6.07) is 71.6. The van der Waals surface area contributed by atoms with Crippen LogP contribution in [0.1, 0.15) is 0 Å². The first-order chi connectivity index (χ1) is 25.8. The third-order valence-corrected chi connectivity index (χ3v) is 10.2. The highest BCUT2D eigenvalue weighted by molar-refractivity contribution is 6.22. The maximum Gasteiger partial charge on any atom is 0.143 e. The van der Waals surface area contributed by atoms with Gasteiger partial charge in [-0.15, -0.1) is 0 Å². The summed E-state index contributed by atoms with van der Waals surface area (Å²) in [5.74, 6) is 0. The summed E-state index contributed by atoms with van der Waals surface area (Å²) in [4.78, 5) is 2.37. The maximum atomic E-state index is 6.78. The highest BCUT2D eigenvalue weighted by Crippen LogP contribution is 2.46. The van der Waals surface area contributed by atoms with Crippen LogP contribution in [-0.4, -0.2) is 0 Å². The molecule has 0 aliphatic heterocycles. The zero-order valence-corrected chi connectivity index (χ0v) is 28.4. The molecular weight excluding hydrogens is 631 g/mol. The van der Waals surface area contributed by atoms with E-state index in [1.807, 2.05) is 0 Å². The fourth-order valence-electron chi connectivity index (χ4n) is 7.71. The molecule has 10 rings (SSSR count). The van der Waals surface area contributed by atoms with Crippen molar-refractivity contribution in [2.24, 2.45) is 0 Å². The van der Waals surface area contributed by atoms with E-state index in [-0.39, 0.29) is 0 Å². The Morgan fingerprint density at radius 3 is 1.62 bits per heavy atom. The molecule has 0 N–H and O–H groups in total. The number of fused-ring (bicyclic) bond motifs is 6. The minimum Gasteiger partial charge on any atom is -0.455 e. The van der Waals surface area contributed by atoms with E-state index in [1.54, 1.807) is 0 Å². The van der Waals surface area contributed by atoms with E-state index >= 15 is 0 Å². The molecular formula is C50H33NO. The van der Waals surface area contributed by atoms with Crippen LogP contribution in [0.5, 0.6) is 0 Å². The molecule has 9 aromatic carbocycles. The van der Waals surface area contributed by atoms with E-state index in [9.17, 15) is 0 Å². The maximum absolute atomic E-state index is 6.78. The minimum atomic E-state index is 0.863. The summed E-state index contributed by atoms with van der Waals surface area (Å²) in [6.45, 7) is 0. The van der Waals surface area contributed by atoms with Crippen LogP contribution in [0.3, 0.4) is 0 Å². The minimum absolute atomic E-state index is 0.863. The standard InChI is InChI=1S/C50H33NO/c1-3-12-34(13-4-1)36-24-28-41(29-25-36)51(42-30-26-37(27-31-42)40-23-22-35-14-7-8-17-39(35)32-40)47-20-11-21-48-49(47)46-33-45(38-15-5-2-6-16-38)43-18-9-10-19-44(43)50(46)52-48/h1-33H. The molecule has 2 nitrogen and oxygen atoms in total. The van der Waals surface area contributed by atoms with Crippen molar-refractivity contribution in [1.29, 1.82) is 0 Å². The van der Waals surface area contributed by atoms with Crippen LogP contribution >= 0.6 is 0 Å². The molecule has 0 aliphatic rings. The Balaban J connectivity index is 1.18. The molecule has 1 heterocycles. The molecule has 0 unspecified atom stereocenters. The van der Waals surface area contributed by atoms with Crippen molar-refractivity contribution < 1.29 is 4.42 Å². The van der Waals surface area contributed by atoms with Crippen LogP contribution in [0.2, 0.25) is 0 Å². The fraction of sp³-hybridized carbons (Fsp3) is 0. The smallest absolute Gasteiger partial charge is 0.143 e. The predicted molar refractivity (Wildman–Crippen MR) is 220 cm³/mol. The van der Waals surface area contributed by atoms with Crippen molar-refractivity contribution in [3.05, 3.63) is 200 Å². The quantitative estimate of drug-likeness (QED) is 0.176. The largest absolute Gasteiger partial charge is 0.455 e. The Morgan fingerprint density at radius 1 is 0.346 bits per heavy atom. The van der Waals surface area contributed by atoms with Gasteiger partial charge in [0.2, 0.25) is 0 Å². The zero-order valence-electron chi connectivity index (χ0n) is 28.4. The molecule has 0 saturated carbocycles. The molecule has 0 aliphatic carbocycles. The van der Waals surface area contributed by atoms with E-state index in [0.29, 0.717) is 0 Å². The van der Waals surface area contributed by atoms with Crippen LogP contribution in [0.15, 0.2) is 205 Å². The molecule has 1 aromatic heterocycles. The van der Waals surface area contributed by atoms with Gasteiger partial charge in [-0.2, -0.15) is 0 Å². The Labute approximate surface area is 302 Å². The van der Waals surface area contributed by atoms with Crippen LogP contribution < -0.4 is 4.90 Å². The van der Waals surface area contributed by atoms with Crippen LogP contribution in [0.25, 0.3) is 76.9 Å². The summed E-state index contributed by atoms with van der Waals surface area (Å²) < 4.78 is 6.78. The number of benzene rings is 9. The van der Waals surface area contributed by atoms with Gasteiger partial charge in [-0.25, -0.2) is 0 Å². The molecule has 0 bridgehead atoms. The number of rotatable bonds is 6.